The van der Waals surface area contributed by atoms with Gasteiger partial charge in [-0.05, 0) is 6.92 Å². The van der Waals surface area contributed by atoms with Crippen molar-refractivity contribution in [2.24, 2.45) is 0 Å². The molecule has 0 saturated carbocycles. The summed E-state index contributed by atoms with van der Waals surface area (Å²) in [6.45, 7) is 1.31. The molecular formula is C12H13Cl3N4O4. The lowest BCUT2D eigenvalue weighted by Gasteiger charge is -2.09. The van der Waals surface area contributed by atoms with Crippen LogP contribution >= 0.6 is 34.8 Å². The van der Waals surface area contributed by atoms with E-state index in [-0.39, 0.29) is 39.0 Å². The van der Waals surface area contributed by atoms with Gasteiger partial charge >= 0.3 is 5.97 Å². The zero-order valence-electron chi connectivity index (χ0n) is 11.9. The topological polar surface area (TPSA) is 123 Å². The van der Waals surface area contributed by atoms with E-state index in [0.29, 0.717) is 6.54 Å². The second-order valence-electron chi connectivity index (χ2n) is 4.10. The summed E-state index contributed by atoms with van der Waals surface area (Å²) in [5.74, 6) is -2.05. The molecule has 4 N–H and O–H groups in total. The summed E-state index contributed by atoms with van der Waals surface area (Å²) in [4.78, 5) is 38.1. The summed E-state index contributed by atoms with van der Waals surface area (Å²) in [5.41, 5.74) is 5.08. The van der Waals surface area contributed by atoms with Crippen molar-refractivity contribution in [3.05, 3.63) is 20.9 Å². The highest BCUT2D eigenvalue weighted by molar-refractivity contribution is 6.46. The van der Waals surface area contributed by atoms with Crippen LogP contribution in [0.4, 0.5) is 5.69 Å². The van der Waals surface area contributed by atoms with Gasteiger partial charge in [0, 0.05) is 6.54 Å². The van der Waals surface area contributed by atoms with Crippen LogP contribution in [0.3, 0.4) is 0 Å². The molecule has 0 atom stereocenters. The Morgan fingerprint density at radius 1 is 1.13 bits per heavy atom. The van der Waals surface area contributed by atoms with E-state index in [9.17, 15) is 14.4 Å². The largest absolute Gasteiger partial charge is 0.451 e. The average Bonchev–Trinajstić information content (AvgIpc) is 2.52. The third-order valence-corrected chi connectivity index (χ3v) is 3.56. The fourth-order valence-electron chi connectivity index (χ4n) is 1.36. The van der Waals surface area contributed by atoms with Crippen molar-refractivity contribution in [2.45, 2.75) is 6.92 Å². The van der Waals surface area contributed by atoms with Crippen molar-refractivity contribution < 1.29 is 19.1 Å². The first-order chi connectivity index (χ1) is 10.8. The second kappa shape index (κ2) is 8.76. The lowest BCUT2D eigenvalue weighted by molar-refractivity contribution is -0.127. The molecule has 0 saturated heterocycles. The number of nitrogen functional groups attached to an aromatic ring is 1. The van der Waals surface area contributed by atoms with Crippen LogP contribution < -0.4 is 16.4 Å². The number of pyridine rings is 1. The van der Waals surface area contributed by atoms with Gasteiger partial charge in [-0.15, -0.1) is 0 Å². The summed E-state index contributed by atoms with van der Waals surface area (Å²) in [6.07, 6.45) is 0. The normalized spacial score (nSPS) is 10.1. The monoisotopic (exact) mass is 382 g/mol. The average molecular weight is 384 g/mol. The fourth-order valence-corrected chi connectivity index (χ4v) is 1.94. The number of amides is 2. The van der Waals surface area contributed by atoms with Crippen LogP contribution in [0.2, 0.25) is 15.2 Å². The Kier molecular flexibility index (Phi) is 7.34. The number of anilines is 1. The Bertz CT molecular complexity index is 639. The molecule has 11 heteroatoms. The first-order valence-electron chi connectivity index (χ1n) is 6.28. The molecule has 23 heavy (non-hydrogen) atoms. The molecule has 0 unspecified atom stereocenters. The van der Waals surface area contributed by atoms with Crippen molar-refractivity contribution in [1.29, 1.82) is 0 Å². The van der Waals surface area contributed by atoms with E-state index in [0.717, 1.165) is 0 Å². The summed E-state index contributed by atoms with van der Waals surface area (Å²) >= 11 is 17.3. The highest BCUT2D eigenvalue weighted by Crippen LogP contribution is 2.34. The Hall–Kier alpha value is -1.77. The molecule has 0 radical (unpaired) electrons. The van der Waals surface area contributed by atoms with Crippen molar-refractivity contribution in [1.82, 2.24) is 15.6 Å². The van der Waals surface area contributed by atoms with E-state index >= 15 is 0 Å². The molecule has 0 aliphatic rings. The minimum absolute atomic E-state index is 0.0899. The molecule has 0 aliphatic carbocycles. The molecule has 2 amide bonds. The standard InChI is InChI=1S/C12H13Cl3N4O4/c1-2-17-5(20)3-18-6(21)4-23-12(22)10-7(13)9(16)8(14)11(15)19-10/h2-4H2,1H3,(H2,16,19)(H,17,20)(H,18,21). The second-order valence-corrected chi connectivity index (χ2v) is 5.21. The molecule has 0 aliphatic heterocycles. The zero-order valence-corrected chi connectivity index (χ0v) is 14.2. The number of nitrogens with one attached hydrogen (secondary N) is 2. The number of hydrogen-bond acceptors (Lipinski definition) is 6. The summed E-state index contributed by atoms with van der Waals surface area (Å²) in [5, 5.41) is 4.21. The summed E-state index contributed by atoms with van der Waals surface area (Å²) < 4.78 is 4.73. The van der Waals surface area contributed by atoms with Crippen molar-refractivity contribution in [3.63, 3.8) is 0 Å². The van der Waals surface area contributed by atoms with Gasteiger partial charge in [-0.25, -0.2) is 9.78 Å². The van der Waals surface area contributed by atoms with Crippen molar-refractivity contribution in [2.75, 3.05) is 25.4 Å². The SMILES string of the molecule is CCNC(=O)CNC(=O)COC(=O)c1nc(Cl)c(Cl)c(N)c1Cl. The lowest BCUT2D eigenvalue weighted by atomic mass is 10.3. The predicted octanol–water partition coefficient (Wildman–Crippen LogP) is 1.03. The van der Waals surface area contributed by atoms with Gasteiger partial charge in [0.1, 0.15) is 5.02 Å². The van der Waals surface area contributed by atoms with E-state index in [1.165, 1.54) is 0 Å². The number of ether oxygens (including phenoxy) is 1. The highest BCUT2D eigenvalue weighted by atomic mass is 35.5. The maximum Gasteiger partial charge on any atom is 0.359 e. The predicted molar refractivity (Wildman–Crippen MR) is 85.7 cm³/mol. The quantitative estimate of drug-likeness (QED) is 0.498. The van der Waals surface area contributed by atoms with E-state index in [4.69, 9.17) is 45.3 Å². The summed E-state index contributed by atoms with van der Waals surface area (Å²) in [7, 11) is 0. The van der Waals surface area contributed by atoms with Gasteiger partial charge in [0.2, 0.25) is 5.91 Å². The summed E-state index contributed by atoms with van der Waals surface area (Å²) in [6, 6.07) is 0. The smallest absolute Gasteiger partial charge is 0.359 e. The number of halogens is 3. The number of esters is 1. The van der Waals surface area contributed by atoms with E-state index < -0.39 is 18.5 Å². The van der Waals surface area contributed by atoms with Gasteiger partial charge in [-0.3, -0.25) is 9.59 Å². The third kappa shape index (κ3) is 5.42. The molecule has 0 fully saturated rings. The van der Waals surface area contributed by atoms with Crippen LogP contribution in [0.15, 0.2) is 0 Å². The minimum Gasteiger partial charge on any atom is -0.451 e. The lowest BCUT2D eigenvalue weighted by Crippen LogP contribution is -2.38. The van der Waals surface area contributed by atoms with E-state index in [1.54, 1.807) is 6.92 Å². The Morgan fingerprint density at radius 3 is 2.39 bits per heavy atom. The molecule has 1 rings (SSSR count). The van der Waals surface area contributed by atoms with Gasteiger partial charge in [0.15, 0.2) is 17.5 Å². The number of likely N-dealkylation sites (N-methyl/N-ethyl adjacent to an activating group) is 1. The van der Waals surface area contributed by atoms with Gasteiger partial charge in [-0.1, -0.05) is 34.8 Å². The number of rotatable bonds is 6. The van der Waals surface area contributed by atoms with Gasteiger partial charge in [0.25, 0.3) is 5.91 Å². The van der Waals surface area contributed by atoms with E-state index in [2.05, 4.69) is 15.6 Å². The minimum atomic E-state index is -1.01. The number of nitrogens with two attached hydrogens (primary N) is 1. The number of hydrogen-bond donors (Lipinski definition) is 3. The van der Waals surface area contributed by atoms with Gasteiger partial charge in [-0.2, -0.15) is 0 Å². The zero-order chi connectivity index (χ0) is 17.6. The highest BCUT2D eigenvalue weighted by Gasteiger charge is 2.21. The van der Waals surface area contributed by atoms with Crippen LogP contribution in [-0.4, -0.2) is 42.5 Å². The van der Waals surface area contributed by atoms with Crippen LogP contribution in [0, 0.1) is 0 Å². The first-order valence-corrected chi connectivity index (χ1v) is 7.41. The number of aromatic nitrogens is 1. The van der Waals surface area contributed by atoms with Crippen LogP contribution in [0.1, 0.15) is 17.4 Å². The van der Waals surface area contributed by atoms with Gasteiger partial charge in [0.05, 0.1) is 17.3 Å². The number of carbonyl (C=O) groups is 3. The maximum absolute atomic E-state index is 11.8. The maximum atomic E-state index is 11.8. The Labute approximate surface area is 146 Å². The third-order valence-electron chi connectivity index (χ3n) is 2.42. The molecule has 1 heterocycles. The molecule has 1 aromatic heterocycles. The molecule has 0 bridgehead atoms. The van der Waals surface area contributed by atoms with Crippen LogP contribution in [0.5, 0.6) is 0 Å². The van der Waals surface area contributed by atoms with Crippen molar-refractivity contribution >= 4 is 58.3 Å². The van der Waals surface area contributed by atoms with Crippen LogP contribution in [0.25, 0.3) is 0 Å². The molecule has 1 aromatic rings. The number of nitrogens with zero attached hydrogens (tertiary/aromatic N) is 1. The molecule has 0 spiro atoms. The molecule has 126 valence electrons. The Morgan fingerprint density at radius 2 is 1.78 bits per heavy atom. The molecule has 0 aromatic carbocycles. The fraction of sp³-hybridized carbons (Fsp3) is 0.333. The Balaban J connectivity index is 2.61. The number of carbonyl (C=O) groups excluding carboxylic acids is 3. The van der Waals surface area contributed by atoms with E-state index in [1.807, 2.05) is 0 Å². The molecular weight excluding hydrogens is 371 g/mol. The first kappa shape index (κ1) is 19.3. The molecule has 8 nitrogen and oxygen atoms in total. The van der Waals surface area contributed by atoms with Crippen molar-refractivity contribution in [3.8, 4) is 0 Å². The van der Waals surface area contributed by atoms with Crippen LogP contribution in [-0.2, 0) is 14.3 Å². The van der Waals surface area contributed by atoms with Gasteiger partial charge < -0.3 is 21.1 Å².